The minimum absolute atomic E-state index is 0.0105. The number of aryl methyl sites for hydroxylation is 1. The van der Waals surface area contributed by atoms with Crippen LogP contribution in [-0.2, 0) is 23.2 Å². The summed E-state index contributed by atoms with van der Waals surface area (Å²) in [5.41, 5.74) is 0.628. The molecule has 0 aliphatic heterocycles. The molecule has 1 heterocycles. The molecule has 0 bridgehead atoms. The van der Waals surface area contributed by atoms with Crippen molar-refractivity contribution in [2.24, 2.45) is 11.8 Å². The van der Waals surface area contributed by atoms with Gasteiger partial charge in [0.05, 0.1) is 11.5 Å². The summed E-state index contributed by atoms with van der Waals surface area (Å²) in [6.45, 7) is 6.76. The third kappa shape index (κ3) is 3.87. The lowest BCUT2D eigenvalue weighted by Gasteiger charge is -2.31. The first-order valence-corrected chi connectivity index (χ1v) is 9.16. The highest BCUT2D eigenvalue weighted by molar-refractivity contribution is 7.89. The number of nitrogens with zero attached hydrogens (tertiary/aromatic N) is 1. The maximum Gasteiger partial charge on any atom is 0.242 e. The maximum absolute atomic E-state index is 12.5. The van der Waals surface area contributed by atoms with Crippen LogP contribution in [0.3, 0.4) is 0 Å². The van der Waals surface area contributed by atoms with Gasteiger partial charge in [-0.05, 0) is 44.1 Å². The number of hydrogen-bond acceptors (Lipinski definition) is 3. The monoisotopic (exact) mass is 314 g/mol. The number of aromatic nitrogens is 1. The average Bonchev–Trinajstić information content (AvgIpc) is 2.80. The Hall–Kier alpha value is -0.850. The first kappa shape index (κ1) is 16.5. The zero-order valence-corrected chi connectivity index (χ0v) is 13.9. The summed E-state index contributed by atoms with van der Waals surface area (Å²) < 4.78 is 29.6. The van der Waals surface area contributed by atoms with E-state index in [-0.39, 0.29) is 17.5 Å². The fraction of sp³-hybridized carbons (Fsp3) is 0.733. The molecule has 0 spiro atoms. The number of aliphatic hydroxyl groups is 1. The molecule has 5 nitrogen and oxygen atoms in total. The summed E-state index contributed by atoms with van der Waals surface area (Å²) in [6, 6.07) is 1.57. The van der Waals surface area contributed by atoms with Crippen LogP contribution in [0.25, 0.3) is 0 Å². The van der Waals surface area contributed by atoms with Gasteiger partial charge in [0.15, 0.2) is 0 Å². The summed E-state index contributed by atoms with van der Waals surface area (Å²) in [5.74, 6) is 1.10. The van der Waals surface area contributed by atoms with E-state index < -0.39 is 10.0 Å². The van der Waals surface area contributed by atoms with Crippen LogP contribution < -0.4 is 4.72 Å². The summed E-state index contributed by atoms with van der Waals surface area (Å²) in [6.07, 6.45) is 4.55. The summed E-state index contributed by atoms with van der Waals surface area (Å²) in [5, 5.41) is 9.28. The van der Waals surface area contributed by atoms with E-state index in [1.165, 1.54) is 6.42 Å². The number of sulfonamides is 1. The van der Waals surface area contributed by atoms with Crippen molar-refractivity contribution in [3.05, 3.63) is 18.0 Å². The van der Waals surface area contributed by atoms with E-state index >= 15 is 0 Å². The Morgan fingerprint density at radius 1 is 1.29 bits per heavy atom. The van der Waals surface area contributed by atoms with Gasteiger partial charge in [0.1, 0.15) is 0 Å². The van der Waals surface area contributed by atoms with Crippen LogP contribution in [0.1, 0.15) is 45.7 Å². The van der Waals surface area contributed by atoms with Gasteiger partial charge in [0, 0.05) is 24.5 Å². The third-order valence-electron chi connectivity index (χ3n) is 4.27. The molecule has 0 amide bonds. The predicted molar refractivity (Wildman–Crippen MR) is 82.3 cm³/mol. The highest BCUT2D eigenvalue weighted by Gasteiger charge is 2.28. The lowest BCUT2D eigenvalue weighted by Crippen LogP contribution is -2.39. The molecule has 21 heavy (non-hydrogen) atoms. The molecule has 0 aromatic carbocycles. The lowest BCUT2D eigenvalue weighted by molar-refractivity contribution is 0.257. The van der Waals surface area contributed by atoms with E-state index in [1.807, 2.05) is 6.92 Å². The molecule has 1 aromatic rings. The van der Waals surface area contributed by atoms with Crippen LogP contribution >= 0.6 is 0 Å². The summed E-state index contributed by atoms with van der Waals surface area (Å²) >= 11 is 0. The Kier molecular flexibility index (Phi) is 5.11. The highest BCUT2D eigenvalue weighted by Crippen LogP contribution is 2.29. The van der Waals surface area contributed by atoms with Crippen molar-refractivity contribution >= 4 is 10.0 Å². The number of hydrogen-bond donors (Lipinski definition) is 2. The molecule has 2 N–H and O–H groups in total. The van der Waals surface area contributed by atoms with E-state index in [4.69, 9.17) is 0 Å². The molecule has 120 valence electrons. The molecule has 1 aliphatic rings. The predicted octanol–water partition coefficient (Wildman–Crippen LogP) is 2.10. The summed E-state index contributed by atoms with van der Waals surface area (Å²) in [4.78, 5) is 0.249. The fourth-order valence-electron chi connectivity index (χ4n) is 3.43. The Morgan fingerprint density at radius 2 is 1.90 bits per heavy atom. The van der Waals surface area contributed by atoms with Crippen molar-refractivity contribution in [2.45, 2.75) is 64.1 Å². The van der Waals surface area contributed by atoms with Crippen molar-refractivity contribution in [1.29, 1.82) is 0 Å². The molecule has 1 aromatic heterocycles. The minimum atomic E-state index is -3.51. The number of nitrogens with one attached hydrogen (secondary N) is 1. The van der Waals surface area contributed by atoms with Gasteiger partial charge in [-0.25, -0.2) is 13.1 Å². The molecule has 1 aliphatic carbocycles. The van der Waals surface area contributed by atoms with Gasteiger partial charge < -0.3 is 9.67 Å². The van der Waals surface area contributed by atoms with Crippen molar-refractivity contribution < 1.29 is 13.5 Å². The second-order valence-corrected chi connectivity index (χ2v) is 8.06. The van der Waals surface area contributed by atoms with Gasteiger partial charge in [-0.15, -0.1) is 0 Å². The Morgan fingerprint density at radius 3 is 2.38 bits per heavy atom. The quantitative estimate of drug-likeness (QED) is 0.874. The van der Waals surface area contributed by atoms with Crippen molar-refractivity contribution in [3.8, 4) is 0 Å². The van der Waals surface area contributed by atoms with E-state index in [0.717, 1.165) is 12.8 Å². The molecule has 1 saturated carbocycles. The smallest absolute Gasteiger partial charge is 0.242 e. The molecule has 0 radical (unpaired) electrons. The zero-order valence-electron chi connectivity index (χ0n) is 13.0. The topological polar surface area (TPSA) is 71.3 Å². The molecular weight excluding hydrogens is 288 g/mol. The van der Waals surface area contributed by atoms with Crippen molar-refractivity contribution in [2.75, 3.05) is 0 Å². The van der Waals surface area contributed by atoms with E-state index in [0.29, 0.717) is 24.1 Å². The SMILES string of the molecule is CCn1cc(S(=O)(=O)NC2CC(C)CC(C)C2)cc1CO. The van der Waals surface area contributed by atoms with Gasteiger partial charge in [-0.3, -0.25) is 0 Å². The van der Waals surface area contributed by atoms with E-state index in [9.17, 15) is 13.5 Å². The van der Waals surface area contributed by atoms with Gasteiger partial charge in [0.2, 0.25) is 10.0 Å². The van der Waals surface area contributed by atoms with Crippen molar-refractivity contribution in [1.82, 2.24) is 9.29 Å². The first-order chi connectivity index (χ1) is 9.85. The Bertz CT molecular complexity index is 548. The molecule has 2 atom stereocenters. The number of aliphatic hydroxyl groups excluding tert-OH is 1. The van der Waals surface area contributed by atoms with Crippen LogP contribution in [0.15, 0.2) is 17.2 Å². The molecule has 6 heteroatoms. The van der Waals surface area contributed by atoms with Gasteiger partial charge in [-0.2, -0.15) is 0 Å². The molecule has 2 rings (SSSR count). The fourth-order valence-corrected chi connectivity index (χ4v) is 4.75. The molecule has 1 fully saturated rings. The Balaban J connectivity index is 2.16. The second kappa shape index (κ2) is 6.50. The van der Waals surface area contributed by atoms with Gasteiger partial charge in [0.25, 0.3) is 0 Å². The van der Waals surface area contributed by atoms with Crippen LogP contribution in [0, 0.1) is 11.8 Å². The van der Waals surface area contributed by atoms with Gasteiger partial charge in [-0.1, -0.05) is 13.8 Å². The van der Waals surface area contributed by atoms with Crippen molar-refractivity contribution in [3.63, 3.8) is 0 Å². The van der Waals surface area contributed by atoms with Gasteiger partial charge >= 0.3 is 0 Å². The number of rotatable bonds is 5. The average molecular weight is 314 g/mol. The minimum Gasteiger partial charge on any atom is -0.390 e. The molecular formula is C15H26N2O3S. The van der Waals surface area contributed by atoms with Crippen LogP contribution in [-0.4, -0.2) is 24.1 Å². The largest absolute Gasteiger partial charge is 0.390 e. The van der Waals surface area contributed by atoms with Crippen LogP contribution in [0.4, 0.5) is 0 Å². The third-order valence-corrected chi connectivity index (χ3v) is 5.76. The lowest BCUT2D eigenvalue weighted by atomic mass is 9.81. The molecule has 0 saturated heterocycles. The zero-order chi connectivity index (χ0) is 15.6. The van der Waals surface area contributed by atoms with Crippen LogP contribution in [0.2, 0.25) is 0 Å². The first-order valence-electron chi connectivity index (χ1n) is 7.68. The molecule has 2 unspecified atom stereocenters. The normalized spacial score (nSPS) is 27.0. The standard InChI is InChI=1S/C15H26N2O3S/c1-4-17-9-15(8-14(17)10-18)21(19,20)16-13-6-11(2)5-12(3)7-13/h8-9,11-13,16,18H,4-7,10H2,1-3H3. The second-order valence-electron chi connectivity index (χ2n) is 6.35. The van der Waals surface area contributed by atoms with E-state index in [2.05, 4.69) is 18.6 Å². The summed E-state index contributed by atoms with van der Waals surface area (Å²) in [7, 11) is -3.51. The van der Waals surface area contributed by atoms with Crippen LogP contribution in [0.5, 0.6) is 0 Å². The Labute approximate surface area is 127 Å². The van der Waals surface area contributed by atoms with E-state index in [1.54, 1.807) is 16.8 Å². The maximum atomic E-state index is 12.5. The highest BCUT2D eigenvalue weighted by atomic mass is 32.2.